The van der Waals surface area contributed by atoms with Crippen molar-refractivity contribution < 1.29 is 5.11 Å². The number of pyridine rings is 1. The fourth-order valence-electron chi connectivity index (χ4n) is 2.94. The van der Waals surface area contributed by atoms with E-state index >= 15 is 0 Å². The number of hydrogen-bond acceptors (Lipinski definition) is 6. The third kappa shape index (κ3) is 4.71. The first-order chi connectivity index (χ1) is 11.3. The lowest BCUT2D eigenvalue weighted by atomic mass is 9.92. The van der Waals surface area contributed by atoms with Crippen molar-refractivity contribution in [2.75, 3.05) is 31.6 Å². The average molecular weight is 313 g/mol. The Balaban J connectivity index is 1.50. The van der Waals surface area contributed by atoms with Crippen LogP contribution in [0.15, 0.2) is 36.8 Å². The predicted octanol–water partition coefficient (Wildman–Crippen LogP) is 1.86. The third-order valence-electron chi connectivity index (χ3n) is 4.25. The maximum absolute atomic E-state index is 8.98. The molecule has 1 fully saturated rings. The van der Waals surface area contributed by atoms with Gasteiger partial charge in [-0.1, -0.05) is 6.07 Å². The van der Waals surface area contributed by atoms with E-state index in [2.05, 4.69) is 25.2 Å². The quantitative estimate of drug-likeness (QED) is 0.848. The first-order valence-corrected chi connectivity index (χ1v) is 8.15. The summed E-state index contributed by atoms with van der Waals surface area (Å²) in [5, 5.41) is 12.1. The molecule has 6 nitrogen and oxygen atoms in total. The number of aliphatic hydroxyl groups is 1. The largest absolute Gasteiger partial charge is 0.395 e. The second-order valence-electron chi connectivity index (χ2n) is 5.95. The van der Waals surface area contributed by atoms with Gasteiger partial charge in [-0.25, -0.2) is 9.97 Å². The topological polar surface area (TPSA) is 74.2 Å². The summed E-state index contributed by atoms with van der Waals surface area (Å²) in [7, 11) is 0. The Hall–Kier alpha value is -2.05. The molecule has 0 saturated carbocycles. The molecule has 0 amide bonds. The molecule has 0 unspecified atom stereocenters. The zero-order chi connectivity index (χ0) is 15.9. The predicted molar refractivity (Wildman–Crippen MR) is 89.5 cm³/mol. The molecule has 3 rings (SSSR count). The molecule has 0 bridgehead atoms. The number of nitrogens with one attached hydrogen (secondary N) is 1. The van der Waals surface area contributed by atoms with Gasteiger partial charge in [0.25, 0.3) is 0 Å². The van der Waals surface area contributed by atoms with Crippen LogP contribution in [0.3, 0.4) is 0 Å². The lowest BCUT2D eigenvalue weighted by Gasteiger charge is -2.31. The highest BCUT2D eigenvalue weighted by Gasteiger charge is 2.19. The summed E-state index contributed by atoms with van der Waals surface area (Å²) in [5.74, 6) is 2.14. The van der Waals surface area contributed by atoms with Crippen LogP contribution in [-0.4, -0.2) is 51.2 Å². The van der Waals surface area contributed by atoms with Crippen molar-refractivity contribution in [3.63, 3.8) is 0 Å². The van der Waals surface area contributed by atoms with Gasteiger partial charge in [0.2, 0.25) is 0 Å². The van der Waals surface area contributed by atoms with Crippen molar-refractivity contribution >= 4 is 11.6 Å². The standard InChI is InChI=1S/C17H23N5O/c23-10-9-22-7-4-14(5-8-22)11-15-12-20-17(13-19-15)21-16-3-1-2-6-18-16/h1-3,6,12-14,23H,4-5,7-11H2,(H,18,20,21). The van der Waals surface area contributed by atoms with Gasteiger partial charge in [-0.05, 0) is 50.4 Å². The van der Waals surface area contributed by atoms with Crippen molar-refractivity contribution in [3.05, 3.63) is 42.5 Å². The van der Waals surface area contributed by atoms with Gasteiger partial charge in [-0.2, -0.15) is 0 Å². The molecule has 2 aromatic heterocycles. The first kappa shape index (κ1) is 15.8. The van der Waals surface area contributed by atoms with Crippen LogP contribution in [0, 0.1) is 5.92 Å². The first-order valence-electron chi connectivity index (χ1n) is 8.15. The van der Waals surface area contributed by atoms with Crippen molar-refractivity contribution in [1.82, 2.24) is 19.9 Å². The van der Waals surface area contributed by atoms with Crippen molar-refractivity contribution in [2.45, 2.75) is 19.3 Å². The van der Waals surface area contributed by atoms with Gasteiger partial charge in [0.1, 0.15) is 11.6 Å². The van der Waals surface area contributed by atoms with E-state index in [4.69, 9.17) is 5.11 Å². The van der Waals surface area contributed by atoms with Gasteiger partial charge in [0.05, 0.1) is 24.7 Å². The summed E-state index contributed by atoms with van der Waals surface area (Å²) >= 11 is 0. The molecule has 122 valence electrons. The highest BCUT2D eigenvalue weighted by atomic mass is 16.3. The van der Waals surface area contributed by atoms with Crippen LogP contribution >= 0.6 is 0 Å². The molecule has 1 saturated heterocycles. The van der Waals surface area contributed by atoms with E-state index in [1.54, 1.807) is 12.4 Å². The molecular weight excluding hydrogens is 290 g/mol. The molecule has 2 N–H and O–H groups in total. The third-order valence-corrected chi connectivity index (χ3v) is 4.25. The highest BCUT2D eigenvalue weighted by molar-refractivity contribution is 5.49. The molecule has 0 radical (unpaired) electrons. The molecule has 23 heavy (non-hydrogen) atoms. The van der Waals surface area contributed by atoms with E-state index in [1.165, 1.54) is 0 Å². The molecule has 0 aliphatic carbocycles. The van der Waals surface area contributed by atoms with Crippen molar-refractivity contribution in [3.8, 4) is 0 Å². The summed E-state index contributed by atoms with van der Waals surface area (Å²) in [6, 6.07) is 5.71. The van der Waals surface area contributed by atoms with Crippen LogP contribution in [0.2, 0.25) is 0 Å². The minimum atomic E-state index is 0.251. The zero-order valence-electron chi connectivity index (χ0n) is 13.2. The van der Waals surface area contributed by atoms with E-state index < -0.39 is 0 Å². The van der Waals surface area contributed by atoms with Crippen molar-refractivity contribution in [1.29, 1.82) is 0 Å². The Morgan fingerprint density at radius 2 is 1.96 bits per heavy atom. The molecule has 2 aromatic rings. The minimum Gasteiger partial charge on any atom is -0.395 e. The SMILES string of the molecule is OCCN1CCC(Cc2cnc(Nc3ccccn3)cn2)CC1. The van der Waals surface area contributed by atoms with Gasteiger partial charge in [0.15, 0.2) is 0 Å². The van der Waals surface area contributed by atoms with Gasteiger partial charge in [-0.15, -0.1) is 0 Å². The Morgan fingerprint density at radius 1 is 1.09 bits per heavy atom. The van der Waals surface area contributed by atoms with E-state index in [0.717, 1.165) is 50.4 Å². The monoisotopic (exact) mass is 313 g/mol. The Morgan fingerprint density at radius 3 is 2.61 bits per heavy atom. The van der Waals surface area contributed by atoms with Crippen LogP contribution in [0.5, 0.6) is 0 Å². The van der Waals surface area contributed by atoms with E-state index in [9.17, 15) is 0 Å². The van der Waals surface area contributed by atoms with E-state index in [1.807, 2.05) is 24.4 Å². The Kier molecular flexibility index (Phi) is 5.50. The van der Waals surface area contributed by atoms with Crippen molar-refractivity contribution in [2.24, 2.45) is 5.92 Å². The Labute approximate surface area is 136 Å². The van der Waals surface area contributed by atoms with E-state index in [0.29, 0.717) is 11.7 Å². The number of piperidine rings is 1. The molecule has 6 heteroatoms. The number of aliphatic hydroxyl groups excluding tert-OH is 1. The van der Waals surface area contributed by atoms with Crippen LogP contribution in [0.4, 0.5) is 11.6 Å². The number of hydrogen-bond donors (Lipinski definition) is 2. The summed E-state index contributed by atoms with van der Waals surface area (Å²) in [6.07, 6.45) is 8.67. The summed E-state index contributed by atoms with van der Waals surface area (Å²) in [6.45, 7) is 3.18. The molecule has 0 aromatic carbocycles. The van der Waals surface area contributed by atoms with Gasteiger partial charge in [-0.3, -0.25) is 4.98 Å². The molecule has 0 spiro atoms. The average Bonchev–Trinajstić information content (AvgIpc) is 2.60. The smallest absolute Gasteiger partial charge is 0.150 e. The Bertz CT molecular complexity index is 582. The van der Waals surface area contributed by atoms with Crippen LogP contribution in [0.25, 0.3) is 0 Å². The number of β-amino-alcohol motifs (C(OH)–C–C–N with tert-alkyl or cyclic N) is 1. The lowest BCUT2D eigenvalue weighted by Crippen LogP contribution is -2.36. The van der Waals surface area contributed by atoms with Crippen LogP contribution in [-0.2, 0) is 6.42 Å². The van der Waals surface area contributed by atoms with Crippen LogP contribution < -0.4 is 5.32 Å². The summed E-state index contributed by atoms with van der Waals surface area (Å²) in [5.41, 5.74) is 1.04. The molecule has 1 aliphatic rings. The number of rotatable bonds is 6. The van der Waals surface area contributed by atoms with E-state index in [-0.39, 0.29) is 6.61 Å². The zero-order valence-corrected chi connectivity index (χ0v) is 13.2. The van der Waals surface area contributed by atoms with Crippen LogP contribution in [0.1, 0.15) is 18.5 Å². The fraction of sp³-hybridized carbons (Fsp3) is 0.471. The van der Waals surface area contributed by atoms with Gasteiger partial charge in [0, 0.05) is 12.7 Å². The number of likely N-dealkylation sites (tertiary alicyclic amines) is 1. The molecule has 3 heterocycles. The fourth-order valence-corrected chi connectivity index (χ4v) is 2.94. The van der Waals surface area contributed by atoms with Gasteiger partial charge >= 0.3 is 0 Å². The van der Waals surface area contributed by atoms with Gasteiger partial charge < -0.3 is 15.3 Å². The number of aromatic nitrogens is 3. The second-order valence-corrected chi connectivity index (χ2v) is 5.95. The maximum atomic E-state index is 8.98. The minimum absolute atomic E-state index is 0.251. The number of nitrogens with zero attached hydrogens (tertiary/aromatic N) is 4. The second kappa shape index (κ2) is 7.99. The normalized spacial score (nSPS) is 16.4. The number of anilines is 2. The molecular formula is C17H23N5O. The summed E-state index contributed by atoms with van der Waals surface area (Å²) in [4.78, 5) is 15.5. The molecule has 1 aliphatic heterocycles. The molecule has 0 atom stereocenters. The lowest BCUT2D eigenvalue weighted by molar-refractivity contribution is 0.147. The highest BCUT2D eigenvalue weighted by Crippen LogP contribution is 2.21. The summed E-state index contributed by atoms with van der Waals surface area (Å²) < 4.78 is 0. The maximum Gasteiger partial charge on any atom is 0.150 e.